The van der Waals surface area contributed by atoms with Gasteiger partial charge in [-0.1, -0.05) is 68.4 Å². The monoisotopic (exact) mass is 363 g/mol. The molecular formula is C22H25N3O2. The number of aryl methyl sites for hydroxylation is 1. The van der Waals surface area contributed by atoms with Crippen LogP contribution in [0.15, 0.2) is 59.0 Å². The third-order valence-corrected chi connectivity index (χ3v) is 4.44. The number of nitrogens with zero attached hydrogens (tertiary/aromatic N) is 2. The van der Waals surface area contributed by atoms with E-state index < -0.39 is 0 Å². The molecular weight excluding hydrogens is 338 g/mol. The fraction of sp³-hybridized carbons (Fsp3) is 0.318. The average molecular weight is 363 g/mol. The number of amides is 1. The first kappa shape index (κ1) is 18.8. The molecule has 1 amide bonds. The Hall–Kier alpha value is -2.95. The lowest BCUT2D eigenvalue weighted by Crippen LogP contribution is -2.26. The molecule has 0 aliphatic rings. The second-order valence-corrected chi connectivity index (χ2v) is 6.97. The Bertz CT molecular complexity index is 870. The van der Waals surface area contributed by atoms with Gasteiger partial charge in [0.05, 0.1) is 6.04 Å². The fourth-order valence-corrected chi connectivity index (χ4v) is 2.81. The highest BCUT2D eigenvalue weighted by Gasteiger charge is 2.13. The fourth-order valence-electron chi connectivity index (χ4n) is 2.81. The normalized spacial score (nSPS) is 12.1. The number of aromatic nitrogens is 2. The van der Waals surface area contributed by atoms with E-state index >= 15 is 0 Å². The predicted octanol–water partition coefficient (Wildman–Crippen LogP) is 4.67. The second-order valence-electron chi connectivity index (χ2n) is 6.97. The summed E-state index contributed by atoms with van der Waals surface area (Å²) >= 11 is 0. The third-order valence-electron chi connectivity index (χ3n) is 4.44. The van der Waals surface area contributed by atoms with Crippen molar-refractivity contribution in [3.63, 3.8) is 0 Å². The zero-order valence-corrected chi connectivity index (χ0v) is 16.0. The molecule has 0 spiro atoms. The molecule has 1 atom stereocenters. The van der Waals surface area contributed by atoms with Crippen LogP contribution in [-0.2, 0) is 11.2 Å². The maximum absolute atomic E-state index is 12.2. The lowest BCUT2D eigenvalue weighted by molar-refractivity contribution is -0.121. The van der Waals surface area contributed by atoms with E-state index in [1.807, 2.05) is 39.0 Å². The minimum Gasteiger partial charge on any atom is -0.425 e. The number of hydrogen-bond donors (Lipinski definition) is 1. The lowest BCUT2D eigenvalue weighted by atomic mass is 10.0. The Labute approximate surface area is 159 Å². The maximum Gasteiger partial charge on any atom is 0.220 e. The van der Waals surface area contributed by atoms with Crippen molar-refractivity contribution in [2.75, 3.05) is 0 Å². The van der Waals surface area contributed by atoms with E-state index in [4.69, 9.17) is 4.42 Å². The summed E-state index contributed by atoms with van der Waals surface area (Å²) in [7, 11) is 0. The SMILES string of the molecule is CC(C)c1nnc(CCC(=O)NC(C)c2ccc(-c3ccccc3)cc2)o1. The molecule has 0 bridgehead atoms. The largest absolute Gasteiger partial charge is 0.425 e. The molecule has 5 nitrogen and oxygen atoms in total. The van der Waals surface area contributed by atoms with E-state index in [1.165, 1.54) is 5.56 Å². The molecule has 3 aromatic rings. The molecule has 1 N–H and O–H groups in total. The maximum atomic E-state index is 12.2. The molecule has 0 aliphatic carbocycles. The highest BCUT2D eigenvalue weighted by molar-refractivity contribution is 5.76. The first-order valence-corrected chi connectivity index (χ1v) is 9.30. The van der Waals surface area contributed by atoms with Crippen molar-refractivity contribution < 1.29 is 9.21 Å². The van der Waals surface area contributed by atoms with Gasteiger partial charge in [-0.2, -0.15) is 0 Å². The first-order valence-electron chi connectivity index (χ1n) is 9.30. The standard InChI is InChI=1S/C22H25N3O2/c1-15(2)22-25-24-21(27-22)14-13-20(26)23-16(3)17-9-11-19(12-10-17)18-7-5-4-6-8-18/h4-12,15-16H,13-14H2,1-3H3,(H,23,26). The van der Waals surface area contributed by atoms with Gasteiger partial charge in [-0.3, -0.25) is 4.79 Å². The Morgan fingerprint density at radius 3 is 2.26 bits per heavy atom. The van der Waals surface area contributed by atoms with Gasteiger partial charge >= 0.3 is 0 Å². The summed E-state index contributed by atoms with van der Waals surface area (Å²) in [6, 6.07) is 18.5. The zero-order chi connectivity index (χ0) is 19.2. The van der Waals surface area contributed by atoms with Crippen molar-refractivity contribution in [2.24, 2.45) is 0 Å². The summed E-state index contributed by atoms with van der Waals surface area (Å²) in [4.78, 5) is 12.2. The Morgan fingerprint density at radius 1 is 0.963 bits per heavy atom. The van der Waals surface area contributed by atoms with Crippen LogP contribution >= 0.6 is 0 Å². The summed E-state index contributed by atoms with van der Waals surface area (Å²) in [6.45, 7) is 5.97. The lowest BCUT2D eigenvalue weighted by Gasteiger charge is -2.14. The van der Waals surface area contributed by atoms with Gasteiger partial charge in [-0.15, -0.1) is 10.2 Å². The van der Waals surface area contributed by atoms with Crippen LogP contribution < -0.4 is 5.32 Å². The van der Waals surface area contributed by atoms with E-state index in [1.54, 1.807) is 0 Å². The van der Waals surface area contributed by atoms with Crippen LogP contribution in [0.2, 0.25) is 0 Å². The van der Waals surface area contributed by atoms with Crippen molar-refractivity contribution in [2.45, 2.75) is 45.6 Å². The topological polar surface area (TPSA) is 68.0 Å². The molecule has 0 saturated carbocycles. The Morgan fingerprint density at radius 2 is 1.63 bits per heavy atom. The number of rotatable bonds is 7. The van der Waals surface area contributed by atoms with Crippen LogP contribution in [0.4, 0.5) is 0 Å². The number of benzene rings is 2. The van der Waals surface area contributed by atoms with E-state index in [0.29, 0.717) is 24.6 Å². The Kier molecular flexibility index (Phi) is 6.01. The molecule has 5 heteroatoms. The zero-order valence-electron chi connectivity index (χ0n) is 16.0. The predicted molar refractivity (Wildman–Crippen MR) is 105 cm³/mol. The van der Waals surface area contributed by atoms with Crippen molar-refractivity contribution in [3.05, 3.63) is 71.9 Å². The van der Waals surface area contributed by atoms with Crippen LogP contribution in [0, 0.1) is 0 Å². The summed E-state index contributed by atoms with van der Waals surface area (Å²) in [6.07, 6.45) is 0.775. The van der Waals surface area contributed by atoms with Gasteiger partial charge in [0.25, 0.3) is 0 Å². The van der Waals surface area contributed by atoms with E-state index in [0.717, 1.165) is 11.1 Å². The van der Waals surface area contributed by atoms with Crippen molar-refractivity contribution in [3.8, 4) is 11.1 Å². The highest BCUT2D eigenvalue weighted by atomic mass is 16.4. The van der Waals surface area contributed by atoms with E-state index in [2.05, 4.69) is 51.9 Å². The van der Waals surface area contributed by atoms with Gasteiger partial charge in [0.1, 0.15) is 0 Å². The number of carbonyl (C=O) groups excluding carboxylic acids is 1. The summed E-state index contributed by atoms with van der Waals surface area (Å²) in [5.74, 6) is 1.28. The highest BCUT2D eigenvalue weighted by Crippen LogP contribution is 2.22. The molecule has 140 valence electrons. The number of nitrogens with one attached hydrogen (secondary N) is 1. The van der Waals surface area contributed by atoms with Gasteiger partial charge in [0, 0.05) is 18.8 Å². The third kappa shape index (κ3) is 5.03. The molecule has 3 rings (SSSR count). The molecule has 0 aliphatic heterocycles. The van der Waals surface area contributed by atoms with Gasteiger partial charge in [0.2, 0.25) is 17.7 Å². The Balaban J connectivity index is 1.53. The molecule has 1 unspecified atom stereocenters. The molecule has 0 fully saturated rings. The quantitative estimate of drug-likeness (QED) is 0.662. The van der Waals surface area contributed by atoms with Gasteiger partial charge in [-0.05, 0) is 23.6 Å². The average Bonchev–Trinajstić information content (AvgIpc) is 3.17. The molecule has 1 aromatic heterocycles. The van der Waals surface area contributed by atoms with Crippen LogP contribution in [0.3, 0.4) is 0 Å². The van der Waals surface area contributed by atoms with Crippen molar-refractivity contribution >= 4 is 5.91 Å². The molecule has 0 saturated heterocycles. The van der Waals surface area contributed by atoms with Crippen LogP contribution in [0.5, 0.6) is 0 Å². The smallest absolute Gasteiger partial charge is 0.220 e. The molecule has 2 aromatic carbocycles. The van der Waals surface area contributed by atoms with Crippen LogP contribution in [0.1, 0.15) is 56.5 Å². The number of hydrogen-bond acceptors (Lipinski definition) is 4. The summed E-state index contributed by atoms with van der Waals surface area (Å²) in [5, 5.41) is 11.0. The van der Waals surface area contributed by atoms with Gasteiger partial charge in [0.15, 0.2) is 0 Å². The number of carbonyl (C=O) groups is 1. The van der Waals surface area contributed by atoms with Gasteiger partial charge < -0.3 is 9.73 Å². The van der Waals surface area contributed by atoms with Gasteiger partial charge in [-0.25, -0.2) is 0 Å². The molecule has 0 radical (unpaired) electrons. The molecule has 27 heavy (non-hydrogen) atoms. The minimum atomic E-state index is -0.0590. The minimum absolute atomic E-state index is 0.0288. The second kappa shape index (κ2) is 8.62. The summed E-state index contributed by atoms with van der Waals surface area (Å²) in [5.41, 5.74) is 3.42. The van der Waals surface area contributed by atoms with E-state index in [-0.39, 0.29) is 17.9 Å². The van der Waals surface area contributed by atoms with Crippen LogP contribution in [-0.4, -0.2) is 16.1 Å². The van der Waals surface area contributed by atoms with Crippen LogP contribution in [0.25, 0.3) is 11.1 Å². The summed E-state index contributed by atoms with van der Waals surface area (Å²) < 4.78 is 5.54. The van der Waals surface area contributed by atoms with Crippen molar-refractivity contribution in [1.29, 1.82) is 0 Å². The van der Waals surface area contributed by atoms with Crippen molar-refractivity contribution in [1.82, 2.24) is 15.5 Å². The molecule has 1 heterocycles. The van der Waals surface area contributed by atoms with E-state index in [9.17, 15) is 4.79 Å². The first-order chi connectivity index (χ1) is 13.0.